The lowest BCUT2D eigenvalue weighted by atomic mass is 10.4. The number of likely N-dealkylation sites (N-methyl/N-ethyl adjacent to an activating group) is 1. The molecule has 4 nitrogen and oxygen atoms in total. The van der Waals surface area contributed by atoms with Crippen LogP contribution in [0.1, 0.15) is 6.92 Å². The summed E-state index contributed by atoms with van der Waals surface area (Å²) in [6.45, 7) is 5.79. The van der Waals surface area contributed by atoms with Gasteiger partial charge in [0, 0.05) is 19.3 Å². The fourth-order valence-corrected chi connectivity index (χ4v) is 1.60. The molecule has 0 aliphatic heterocycles. The molecule has 0 radical (unpaired) electrons. The van der Waals surface area contributed by atoms with Crippen LogP contribution in [-0.2, 0) is 6.54 Å². The first kappa shape index (κ1) is 11.7. The highest BCUT2D eigenvalue weighted by molar-refractivity contribution is 9.10. The van der Waals surface area contributed by atoms with E-state index in [1.54, 1.807) is 6.20 Å². The van der Waals surface area contributed by atoms with Crippen molar-refractivity contribution >= 4 is 15.9 Å². The van der Waals surface area contributed by atoms with Gasteiger partial charge in [-0.05, 0) is 22.5 Å². The molecule has 0 spiro atoms. The van der Waals surface area contributed by atoms with E-state index in [1.165, 1.54) is 0 Å². The second-order valence-electron chi connectivity index (χ2n) is 3.08. The standard InChI is InChI=1S/C9H16BrN3O/c1-2-12(5-6-14)3-4-13-8-9(10)7-11-13/h7-8,14H,2-6H2,1H3. The summed E-state index contributed by atoms with van der Waals surface area (Å²) in [5.74, 6) is 0. The number of hydrogen-bond donors (Lipinski definition) is 1. The Kier molecular flexibility index (Phi) is 5.14. The van der Waals surface area contributed by atoms with Gasteiger partial charge in [0.2, 0.25) is 0 Å². The van der Waals surface area contributed by atoms with Crippen LogP contribution in [0.5, 0.6) is 0 Å². The molecule has 0 aliphatic carbocycles. The van der Waals surface area contributed by atoms with Crippen molar-refractivity contribution in [2.75, 3.05) is 26.2 Å². The minimum absolute atomic E-state index is 0.219. The van der Waals surface area contributed by atoms with Gasteiger partial charge in [0.15, 0.2) is 0 Å². The van der Waals surface area contributed by atoms with Gasteiger partial charge in [-0.25, -0.2) is 0 Å². The molecule has 5 heteroatoms. The third-order valence-electron chi connectivity index (χ3n) is 2.11. The summed E-state index contributed by atoms with van der Waals surface area (Å²) in [7, 11) is 0. The highest BCUT2D eigenvalue weighted by Crippen LogP contribution is 2.05. The maximum Gasteiger partial charge on any atom is 0.0632 e. The fraction of sp³-hybridized carbons (Fsp3) is 0.667. The Morgan fingerprint density at radius 3 is 2.86 bits per heavy atom. The van der Waals surface area contributed by atoms with Gasteiger partial charge in [0.1, 0.15) is 0 Å². The smallest absolute Gasteiger partial charge is 0.0632 e. The Hall–Kier alpha value is -0.390. The van der Waals surface area contributed by atoms with Gasteiger partial charge in [0.05, 0.1) is 23.8 Å². The number of halogens is 1. The molecule has 0 atom stereocenters. The molecule has 0 amide bonds. The normalized spacial score (nSPS) is 11.1. The topological polar surface area (TPSA) is 41.3 Å². The van der Waals surface area contributed by atoms with Crippen LogP contribution in [0.3, 0.4) is 0 Å². The first-order valence-electron chi connectivity index (χ1n) is 4.77. The zero-order chi connectivity index (χ0) is 10.4. The first-order chi connectivity index (χ1) is 6.76. The van der Waals surface area contributed by atoms with E-state index in [1.807, 2.05) is 10.9 Å². The van der Waals surface area contributed by atoms with Gasteiger partial charge in [-0.2, -0.15) is 5.10 Å². The number of aliphatic hydroxyl groups excluding tert-OH is 1. The van der Waals surface area contributed by atoms with Crippen LogP contribution in [0.15, 0.2) is 16.9 Å². The first-order valence-corrected chi connectivity index (χ1v) is 5.56. The van der Waals surface area contributed by atoms with Crippen molar-refractivity contribution in [2.24, 2.45) is 0 Å². The number of rotatable bonds is 6. The minimum atomic E-state index is 0.219. The Bertz CT molecular complexity index is 264. The Morgan fingerprint density at radius 1 is 1.57 bits per heavy atom. The second kappa shape index (κ2) is 6.16. The molecule has 1 rings (SSSR count). The van der Waals surface area contributed by atoms with Crippen molar-refractivity contribution in [1.82, 2.24) is 14.7 Å². The number of hydrogen-bond acceptors (Lipinski definition) is 3. The molecule has 14 heavy (non-hydrogen) atoms. The molecule has 1 aromatic heterocycles. The number of aromatic nitrogens is 2. The molecule has 80 valence electrons. The molecule has 1 heterocycles. The quantitative estimate of drug-likeness (QED) is 0.830. The molecular formula is C9H16BrN3O. The van der Waals surface area contributed by atoms with Crippen LogP contribution in [0.4, 0.5) is 0 Å². The molecule has 0 saturated heterocycles. The zero-order valence-corrected chi connectivity index (χ0v) is 9.94. The molecule has 0 unspecified atom stereocenters. The van der Waals surface area contributed by atoms with Crippen LogP contribution in [0.25, 0.3) is 0 Å². The minimum Gasteiger partial charge on any atom is -0.395 e. The summed E-state index contributed by atoms with van der Waals surface area (Å²) in [5.41, 5.74) is 0. The maximum atomic E-state index is 8.80. The van der Waals surface area contributed by atoms with Crippen molar-refractivity contribution in [1.29, 1.82) is 0 Å². The van der Waals surface area contributed by atoms with Gasteiger partial charge in [-0.15, -0.1) is 0 Å². The summed E-state index contributed by atoms with van der Waals surface area (Å²) in [5, 5.41) is 13.0. The van der Waals surface area contributed by atoms with E-state index in [4.69, 9.17) is 5.11 Å². The van der Waals surface area contributed by atoms with Gasteiger partial charge in [-0.1, -0.05) is 6.92 Å². The number of aliphatic hydroxyl groups is 1. The summed E-state index contributed by atoms with van der Waals surface area (Å²) in [6, 6.07) is 0. The Balaban J connectivity index is 2.31. The van der Waals surface area contributed by atoms with Gasteiger partial charge in [0.25, 0.3) is 0 Å². The molecule has 0 aliphatic rings. The monoisotopic (exact) mass is 261 g/mol. The number of nitrogens with zero attached hydrogens (tertiary/aromatic N) is 3. The molecule has 0 bridgehead atoms. The molecular weight excluding hydrogens is 246 g/mol. The second-order valence-corrected chi connectivity index (χ2v) is 4.00. The van der Waals surface area contributed by atoms with Crippen molar-refractivity contribution in [2.45, 2.75) is 13.5 Å². The van der Waals surface area contributed by atoms with Crippen LogP contribution in [0.2, 0.25) is 0 Å². The van der Waals surface area contributed by atoms with E-state index in [2.05, 4.69) is 32.9 Å². The lowest BCUT2D eigenvalue weighted by Gasteiger charge is -2.18. The third kappa shape index (κ3) is 3.77. The predicted molar refractivity (Wildman–Crippen MR) is 59.1 cm³/mol. The molecule has 0 saturated carbocycles. The van der Waals surface area contributed by atoms with Crippen LogP contribution >= 0.6 is 15.9 Å². The summed E-state index contributed by atoms with van der Waals surface area (Å²) in [4.78, 5) is 2.19. The maximum absolute atomic E-state index is 8.80. The fourth-order valence-electron chi connectivity index (χ4n) is 1.27. The highest BCUT2D eigenvalue weighted by atomic mass is 79.9. The van der Waals surface area contributed by atoms with Gasteiger partial charge >= 0.3 is 0 Å². The van der Waals surface area contributed by atoms with E-state index in [0.29, 0.717) is 0 Å². The molecule has 1 aromatic rings. The third-order valence-corrected chi connectivity index (χ3v) is 2.52. The lowest BCUT2D eigenvalue weighted by Crippen LogP contribution is -2.30. The molecule has 0 fully saturated rings. The Morgan fingerprint density at radius 2 is 2.36 bits per heavy atom. The molecule has 1 N–H and O–H groups in total. The predicted octanol–water partition coefficient (Wildman–Crippen LogP) is 0.960. The van der Waals surface area contributed by atoms with Crippen LogP contribution < -0.4 is 0 Å². The van der Waals surface area contributed by atoms with Crippen molar-refractivity contribution in [3.8, 4) is 0 Å². The van der Waals surface area contributed by atoms with Gasteiger partial charge in [-0.3, -0.25) is 9.58 Å². The van der Waals surface area contributed by atoms with Crippen LogP contribution in [0, 0.1) is 0 Å². The SMILES string of the molecule is CCN(CCO)CCn1cc(Br)cn1. The average molecular weight is 262 g/mol. The lowest BCUT2D eigenvalue weighted by molar-refractivity contribution is 0.196. The van der Waals surface area contributed by atoms with Crippen molar-refractivity contribution in [3.63, 3.8) is 0 Å². The molecule has 0 aromatic carbocycles. The van der Waals surface area contributed by atoms with E-state index in [9.17, 15) is 0 Å². The van der Waals surface area contributed by atoms with E-state index in [0.717, 1.165) is 30.7 Å². The van der Waals surface area contributed by atoms with E-state index < -0.39 is 0 Å². The zero-order valence-electron chi connectivity index (χ0n) is 8.36. The summed E-state index contributed by atoms with van der Waals surface area (Å²) >= 11 is 3.35. The largest absolute Gasteiger partial charge is 0.395 e. The highest BCUT2D eigenvalue weighted by Gasteiger charge is 2.01. The average Bonchev–Trinajstić information content (AvgIpc) is 2.59. The van der Waals surface area contributed by atoms with E-state index in [-0.39, 0.29) is 6.61 Å². The van der Waals surface area contributed by atoms with Crippen molar-refractivity contribution < 1.29 is 5.11 Å². The van der Waals surface area contributed by atoms with Crippen molar-refractivity contribution in [3.05, 3.63) is 16.9 Å². The summed E-state index contributed by atoms with van der Waals surface area (Å²) < 4.78 is 2.90. The van der Waals surface area contributed by atoms with Crippen LogP contribution in [-0.4, -0.2) is 46.0 Å². The van der Waals surface area contributed by atoms with Gasteiger partial charge < -0.3 is 5.11 Å². The van der Waals surface area contributed by atoms with E-state index >= 15 is 0 Å². The Labute approximate surface area is 92.6 Å². The summed E-state index contributed by atoms with van der Waals surface area (Å²) in [6.07, 6.45) is 3.73.